The van der Waals surface area contributed by atoms with Crippen LogP contribution in [0.3, 0.4) is 0 Å². The van der Waals surface area contributed by atoms with Gasteiger partial charge in [0.2, 0.25) is 0 Å². The average molecular weight is 260 g/mol. The molecular weight excluding hydrogens is 240 g/mol. The highest BCUT2D eigenvalue weighted by atomic mass is 32.1. The number of thiazole rings is 1. The topological polar surface area (TPSA) is 24.9 Å². The third-order valence-corrected chi connectivity index (χ3v) is 4.07. The van der Waals surface area contributed by atoms with Gasteiger partial charge in [-0.3, -0.25) is 4.98 Å². The molecule has 2 nitrogen and oxygen atoms in total. The number of aromatic nitrogens is 1. The van der Waals surface area contributed by atoms with Gasteiger partial charge in [0, 0.05) is 23.2 Å². The van der Waals surface area contributed by atoms with Gasteiger partial charge in [0.05, 0.1) is 5.51 Å². The van der Waals surface area contributed by atoms with Gasteiger partial charge in [-0.15, -0.1) is 11.3 Å². The summed E-state index contributed by atoms with van der Waals surface area (Å²) in [7, 11) is 0. The van der Waals surface area contributed by atoms with Crippen LogP contribution in [0, 0.1) is 0 Å². The largest absolute Gasteiger partial charge is 0.303 e. The fourth-order valence-corrected chi connectivity index (χ4v) is 2.78. The van der Waals surface area contributed by atoms with Crippen molar-refractivity contribution in [3.63, 3.8) is 0 Å². The molecule has 0 saturated heterocycles. The molecule has 0 aliphatic heterocycles. The Bertz CT molecular complexity index is 439. The zero-order chi connectivity index (χ0) is 12.8. The molecule has 1 N–H and O–H groups in total. The predicted molar refractivity (Wildman–Crippen MR) is 77.8 cm³/mol. The first kappa shape index (κ1) is 13.2. The fraction of sp³-hybridized carbons (Fsp3) is 0.400. The van der Waals surface area contributed by atoms with Crippen molar-refractivity contribution in [2.75, 3.05) is 0 Å². The maximum absolute atomic E-state index is 4.15. The van der Waals surface area contributed by atoms with Crippen molar-refractivity contribution < 1.29 is 0 Å². The highest BCUT2D eigenvalue weighted by Gasteiger charge is 2.15. The standard InChI is InChI=1S/C15H20N2S/c1-3-7-14(13-8-5-4-6-9-13)17-12(2)15-10-16-11-18-15/h4-6,8-12,14,17H,3,7H2,1-2H3. The Labute approximate surface area is 113 Å². The van der Waals surface area contributed by atoms with Gasteiger partial charge in [0.15, 0.2) is 0 Å². The molecule has 0 aliphatic rings. The third-order valence-electron chi connectivity index (χ3n) is 3.11. The molecule has 1 heterocycles. The summed E-state index contributed by atoms with van der Waals surface area (Å²) >= 11 is 1.71. The smallest absolute Gasteiger partial charge is 0.0794 e. The van der Waals surface area contributed by atoms with Crippen LogP contribution in [0.5, 0.6) is 0 Å². The summed E-state index contributed by atoms with van der Waals surface area (Å²) in [6, 6.07) is 11.5. The van der Waals surface area contributed by atoms with E-state index in [0.29, 0.717) is 12.1 Å². The van der Waals surface area contributed by atoms with Crippen molar-refractivity contribution in [1.29, 1.82) is 0 Å². The Morgan fingerprint density at radius 2 is 2.06 bits per heavy atom. The summed E-state index contributed by atoms with van der Waals surface area (Å²) in [5.74, 6) is 0. The lowest BCUT2D eigenvalue weighted by atomic mass is 10.0. The van der Waals surface area contributed by atoms with Crippen LogP contribution in [0.2, 0.25) is 0 Å². The van der Waals surface area contributed by atoms with Gasteiger partial charge in [-0.25, -0.2) is 0 Å². The normalized spacial score (nSPS) is 14.3. The SMILES string of the molecule is CCCC(NC(C)c1cncs1)c1ccccc1. The van der Waals surface area contributed by atoms with E-state index in [1.165, 1.54) is 16.9 Å². The lowest BCUT2D eigenvalue weighted by Gasteiger charge is -2.22. The Balaban J connectivity index is 2.07. The van der Waals surface area contributed by atoms with Gasteiger partial charge in [-0.1, -0.05) is 43.7 Å². The van der Waals surface area contributed by atoms with E-state index in [2.05, 4.69) is 54.5 Å². The van der Waals surface area contributed by atoms with Crippen LogP contribution in [0.4, 0.5) is 0 Å². The van der Waals surface area contributed by atoms with E-state index in [1.54, 1.807) is 11.3 Å². The van der Waals surface area contributed by atoms with Crippen LogP contribution in [-0.4, -0.2) is 4.98 Å². The van der Waals surface area contributed by atoms with Crippen LogP contribution < -0.4 is 5.32 Å². The maximum Gasteiger partial charge on any atom is 0.0794 e. The first-order chi connectivity index (χ1) is 8.81. The van der Waals surface area contributed by atoms with Gasteiger partial charge in [0.25, 0.3) is 0 Å². The van der Waals surface area contributed by atoms with E-state index < -0.39 is 0 Å². The molecule has 1 aromatic heterocycles. The predicted octanol–water partition coefficient (Wildman–Crippen LogP) is 4.34. The molecule has 18 heavy (non-hydrogen) atoms. The first-order valence-corrected chi connectivity index (χ1v) is 7.38. The van der Waals surface area contributed by atoms with E-state index in [0.717, 1.165) is 6.42 Å². The minimum absolute atomic E-state index is 0.356. The highest BCUT2D eigenvalue weighted by Crippen LogP contribution is 2.24. The summed E-state index contributed by atoms with van der Waals surface area (Å²) in [6.07, 6.45) is 4.30. The van der Waals surface area contributed by atoms with Crippen LogP contribution in [0.1, 0.15) is 49.2 Å². The van der Waals surface area contributed by atoms with Gasteiger partial charge in [-0.2, -0.15) is 0 Å². The van der Waals surface area contributed by atoms with Crippen LogP contribution in [-0.2, 0) is 0 Å². The maximum atomic E-state index is 4.15. The Morgan fingerprint density at radius 1 is 1.28 bits per heavy atom. The molecule has 0 fully saturated rings. The monoisotopic (exact) mass is 260 g/mol. The molecule has 96 valence electrons. The summed E-state index contributed by atoms with van der Waals surface area (Å²) < 4.78 is 0. The molecule has 0 spiro atoms. The van der Waals surface area contributed by atoms with Gasteiger partial charge >= 0.3 is 0 Å². The molecule has 2 unspecified atom stereocenters. The fourth-order valence-electron chi connectivity index (χ4n) is 2.14. The van der Waals surface area contributed by atoms with Crippen molar-refractivity contribution in [1.82, 2.24) is 10.3 Å². The molecule has 2 atom stereocenters. The molecule has 2 aromatic rings. The molecular formula is C15H20N2S. The summed E-state index contributed by atoms with van der Waals surface area (Å²) in [6.45, 7) is 4.44. The Morgan fingerprint density at radius 3 is 2.67 bits per heavy atom. The molecule has 0 radical (unpaired) electrons. The minimum atomic E-state index is 0.356. The second-order valence-corrected chi connectivity index (χ2v) is 5.46. The van der Waals surface area contributed by atoms with E-state index in [9.17, 15) is 0 Å². The summed E-state index contributed by atoms with van der Waals surface area (Å²) in [5, 5.41) is 3.71. The molecule has 0 saturated carbocycles. The molecule has 1 aromatic carbocycles. The average Bonchev–Trinajstić information content (AvgIpc) is 2.93. The van der Waals surface area contributed by atoms with Crippen LogP contribution >= 0.6 is 11.3 Å². The van der Waals surface area contributed by atoms with E-state index in [1.807, 2.05) is 11.7 Å². The first-order valence-electron chi connectivity index (χ1n) is 6.50. The van der Waals surface area contributed by atoms with E-state index in [-0.39, 0.29) is 0 Å². The van der Waals surface area contributed by atoms with Crippen LogP contribution in [0.15, 0.2) is 42.0 Å². The number of nitrogens with zero attached hydrogens (tertiary/aromatic N) is 1. The number of nitrogens with one attached hydrogen (secondary N) is 1. The van der Waals surface area contributed by atoms with Crippen LogP contribution in [0.25, 0.3) is 0 Å². The Kier molecular flexibility index (Phi) is 4.90. The lowest BCUT2D eigenvalue weighted by molar-refractivity contribution is 0.443. The Hall–Kier alpha value is -1.19. The van der Waals surface area contributed by atoms with E-state index in [4.69, 9.17) is 0 Å². The van der Waals surface area contributed by atoms with Crippen molar-refractivity contribution >= 4 is 11.3 Å². The second-order valence-electron chi connectivity index (χ2n) is 4.54. The van der Waals surface area contributed by atoms with Crippen molar-refractivity contribution in [3.05, 3.63) is 52.5 Å². The van der Waals surface area contributed by atoms with Crippen molar-refractivity contribution in [2.45, 2.75) is 38.8 Å². The molecule has 0 aliphatic carbocycles. The zero-order valence-corrected chi connectivity index (χ0v) is 11.8. The summed E-state index contributed by atoms with van der Waals surface area (Å²) in [4.78, 5) is 5.45. The van der Waals surface area contributed by atoms with Crippen molar-refractivity contribution in [3.8, 4) is 0 Å². The third kappa shape index (κ3) is 3.40. The van der Waals surface area contributed by atoms with Gasteiger partial charge in [0.1, 0.15) is 0 Å². The van der Waals surface area contributed by atoms with E-state index >= 15 is 0 Å². The summed E-state index contributed by atoms with van der Waals surface area (Å²) in [5.41, 5.74) is 3.26. The van der Waals surface area contributed by atoms with Crippen molar-refractivity contribution in [2.24, 2.45) is 0 Å². The van der Waals surface area contributed by atoms with Gasteiger partial charge < -0.3 is 5.32 Å². The highest BCUT2D eigenvalue weighted by molar-refractivity contribution is 7.09. The number of rotatable bonds is 6. The molecule has 0 amide bonds. The number of hydrogen-bond donors (Lipinski definition) is 1. The minimum Gasteiger partial charge on any atom is -0.303 e. The molecule has 3 heteroatoms. The quantitative estimate of drug-likeness (QED) is 0.836. The number of benzene rings is 1. The number of hydrogen-bond acceptors (Lipinski definition) is 3. The lowest BCUT2D eigenvalue weighted by Crippen LogP contribution is -2.24. The molecule has 2 rings (SSSR count). The second kappa shape index (κ2) is 6.66. The van der Waals surface area contributed by atoms with Gasteiger partial charge in [-0.05, 0) is 18.9 Å². The zero-order valence-electron chi connectivity index (χ0n) is 11.0. The molecule has 0 bridgehead atoms.